The van der Waals surface area contributed by atoms with Crippen LogP contribution >= 0.6 is 0 Å². The highest BCUT2D eigenvalue weighted by atomic mass is 16.6. The second-order valence-corrected chi connectivity index (χ2v) is 5.25. The van der Waals surface area contributed by atoms with E-state index >= 15 is 0 Å². The van der Waals surface area contributed by atoms with E-state index in [-0.39, 0.29) is 24.4 Å². The number of fused-ring (bicyclic) bond motifs is 2. The van der Waals surface area contributed by atoms with Crippen molar-refractivity contribution in [1.82, 2.24) is 0 Å². The van der Waals surface area contributed by atoms with Gasteiger partial charge >= 0.3 is 0 Å². The fraction of sp³-hybridized carbons (Fsp3) is 0.733. The summed E-state index contributed by atoms with van der Waals surface area (Å²) in [5.74, 6) is 2.45. The molecular formula is C15H22O4. The zero-order valence-electron chi connectivity index (χ0n) is 11.2. The molecule has 0 unspecified atom stereocenters. The molecule has 0 amide bonds. The number of aliphatic hydroxyl groups excluding tert-OH is 2. The first-order chi connectivity index (χ1) is 9.15. The minimum absolute atomic E-state index is 0.0815. The van der Waals surface area contributed by atoms with Gasteiger partial charge < -0.3 is 19.7 Å². The van der Waals surface area contributed by atoms with Crippen LogP contribution in [-0.2, 0) is 9.47 Å². The number of allylic oxidation sites excluding steroid dienone is 1. The molecule has 0 saturated carbocycles. The summed E-state index contributed by atoms with van der Waals surface area (Å²) < 4.78 is 11.8. The van der Waals surface area contributed by atoms with Crippen LogP contribution in [0.4, 0.5) is 0 Å². The summed E-state index contributed by atoms with van der Waals surface area (Å²) in [6, 6.07) is 0. The molecule has 0 spiro atoms. The molecule has 0 aromatic rings. The lowest BCUT2D eigenvalue weighted by Crippen LogP contribution is -2.41. The second-order valence-electron chi connectivity index (χ2n) is 5.25. The molecule has 2 N–H and O–H groups in total. The Labute approximate surface area is 114 Å². The molecule has 0 aromatic heterocycles. The SMILES string of the molecule is C#C/C=C\C[C@H]1O[C@@H]2C[C@H]1O[C@@H](CC)[C@H](O)C[C@@H]2O. The zero-order chi connectivity index (χ0) is 13.8. The zero-order valence-corrected chi connectivity index (χ0v) is 11.2. The molecule has 106 valence electrons. The Bertz CT molecular complexity index is 360. The Hall–Kier alpha value is -0.860. The van der Waals surface area contributed by atoms with E-state index < -0.39 is 12.2 Å². The van der Waals surface area contributed by atoms with Gasteiger partial charge in [-0.3, -0.25) is 0 Å². The first-order valence-electron chi connectivity index (χ1n) is 6.93. The van der Waals surface area contributed by atoms with Crippen molar-refractivity contribution in [2.45, 2.75) is 69.2 Å². The van der Waals surface area contributed by atoms with Crippen molar-refractivity contribution in [3.8, 4) is 12.3 Å². The molecule has 2 rings (SSSR count). The number of hydrogen-bond donors (Lipinski definition) is 2. The van der Waals surface area contributed by atoms with Crippen molar-refractivity contribution in [3.05, 3.63) is 12.2 Å². The average molecular weight is 266 g/mol. The molecule has 2 bridgehead atoms. The molecule has 19 heavy (non-hydrogen) atoms. The summed E-state index contributed by atoms with van der Waals surface area (Å²) in [6.45, 7) is 1.97. The van der Waals surface area contributed by atoms with E-state index in [9.17, 15) is 10.2 Å². The van der Waals surface area contributed by atoms with Gasteiger partial charge in [-0.15, -0.1) is 6.42 Å². The van der Waals surface area contributed by atoms with Gasteiger partial charge in [-0.1, -0.05) is 18.9 Å². The highest BCUT2D eigenvalue weighted by molar-refractivity contribution is 5.09. The molecule has 4 heteroatoms. The summed E-state index contributed by atoms with van der Waals surface area (Å²) in [6.07, 6.45) is 9.17. The first-order valence-corrected chi connectivity index (χ1v) is 6.93. The van der Waals surface area contributed by atoms with Crippen LogP contribution in [0.1, 0.15) is 32.6 Å². The Kier molecular flexibility index (Phi) is 5.00. The first kappa shape index (κ1) is 14.5. The Morgan fingerprint density at radius 3 is 2.58 bits per heavy atom. The second kappa shape index (κ2) is 6.53. The molecule has 0 radical (unpaired) electrons. The van der Waals surface area contributed by atoms with Crippen LogP contribution in [0.15, 0.2) is 12.2 Å². The quantitative estimate of drug-likeness (QED) is 0.749. The van der Waals surface area contributed by atoms with Gasteiger partial charge in [-0.05, 0) is 18.9 Å². The lowest BCUT2D eigenvalue weighted by Gasteiger charge is -2.30. The largest absolute Gasteiger partial charge is 0.390 e. The van der Waals surface area contributed by atoms with Crippen LogP contribution in [0.5, 0.6) is 0 Å². The van der Waals surface area contributed by atoms with Crippen molar-refractivity contribution in [1.29, 1.82) is 0 Å². The van der Waals surface area contributed by atoms with Crippen LogP contribution < -0.4 is 0 Å². The summed E-state index contributed by atoms with van der Waals surface area (Å²) in [4.78, 5) is 0. The Morgan fingerprint density at radius 2 is 1.89 bits per heavy atom. The van der Waals surface area contributed by atoms with Gasteiger partial charge in [0.2, 0.25) is 0 Å². The third-order valence-corrected chi connectivity index (χ3v) is 3.90. The van der Waals surface area contributed by atoms with E-state index in [0.717, 1.165) is 6.42 Å². The fourth-order valence-corrected chi connectivity index (χ4v) is 2.85. The lowest BCUT2D eigenvalue weighted by atomic mass is 9.96. The average Bonchev–Trinajstić information content (AvgIpc) is 2.79. The summed E-state index contributed by atoms with van der Waals surface area (Å²) in [5, 5.41) is 20.1. The molecule has 0 aliphatic carbocycles. The number of rotatable bonds is 3. The molecule has 0 aromatic carbocycles. The van der Waals surface area contributed by atoms with Gasteiger partial charge in [0.05, 0.1) is 36.6 Å². The van der Waals surface area contributed by atoms with Crippen molar-refractivity contribution in [2.75, 3.05) is 0 Å². The van der Waals surface area contributed by atoms with Gasteiger partial charge in [-0.25, -0.2) is 0 Å². The van der Waals surface area contributed by atoms with Crippen LogP contribution in [-0.4, -0.2) is 46.8 Å². The topological polar surface area (TPSA) is 58.9 Å². The molecule has 4 nitrogen and oxygen atoms in total. The highest BCUT2D eigenvalue weighted by Gasteiger charge is 2.43. The number of hydrogen-bond acceptors (Lipinski definition) is 4. The Morgan fingerprint density at radius 1 is 1.16 bits per heavy atom. The molecule has 2 fully saturated rings. The predicted octanol–water partition coefficient (Wildman–Crippen LogP) is 1.01. The number of ether oxygens (including phenoxy) is 2. The van der Waals surface area contributed by atoms with Crippen LogP contribution in [0.25, 0.3) is 0 Å². The van der Waals surface area contributed by atoms with E-state index in [0.29, 0.717) is 19.3 Å². The highest BCUT2D eigenvalue weighted by Crippen LogP contribution is 2.33. The maximum absolute atomic E-state index is 10.1. The van der Waals surface area contributed by atoms with E-state index in [1.165, 1.54) is 0 Å². The summed E-state index contributed by atoms with van der Waals surface area (Å²) >= 11 is 0. The third-order valence-electron chi connectivity index (χ3n) is 3.90. The number of aliphatic hydroxyl groups is 2. The van der Waals surface area contributed by atoms with E-state index in [2.05, 4.69) is 5.92 Å². The van der Waals surface area contributed by atoms with Gasteiger partial charge in [0, 0.05) is 12.8 Å². The standard InChI is InChI=1S/C15H22O4/c1-3-5-6-7-13-15-9-14(19-13)11(17)8-10(16)12(4-2)18-15/h1,5-6,10-17H,4,7-9H2,2H3/b6-5-/t10-,11+,12+,13-,14-,15-/m1/s1. The lowest BCUT2D eigenvalue weighted by molar-refractivity contribution is -0.102. The summed E-state index contributed by atoms with van der Waals surface area (Å²) in [5.41, 5.74) is 0. The molecule has 6 atom stereocenters. The smallest absolute Gasteiger partial charge is 0.0877 e. The van der Waals surface area contributed by atoms with E-state index in [1.807, 2.05) is 13.0 Å². The van der Waals surface area contributed by atoms with Crippen molar-refractivity contribution in [2.24, 2.45) is 0 Å². The molecular weight excluding hydrogens is 244 g/mol. The van der Waals surface area contributed by atoms with Crippen molar-refractivity contribution >= 4 is 0 Å². The van der Waals surface area contributed by atoms with Crippen molar-refractivity contribution < 1.29 is 19.7 Å². The predicted molar refractivity (Wildman–Crippen MR) is 71.5 cm³/mol. The van der Waals surface area contributed by atoms with Crippen molar-refractivity contribution in [3.63, 3.8) is 0 Å². The maximum atomic E-state index is 10.1. The fourth-order valence-electron chi connectivity index (χ4n) is 2.85. The molecule has 2 aliphatic heterocycles. The van der Waals surface area contributed by atoms with Gasteiger partial charge in [0.1, 0.15) is 0 Å². The number of terminal acetylenes is 1. The molecule has 2 heterocycles. The minimum Gasteiger partial charge on any atom is -0.390 e. The van der Waals surface area contributed by atoms with Crippen LogP contribution in [0.3, 0.4) is 0 Å². The maximum Gasteiger partial charge on any atom is 0.0877 e. The van der Waals surface area contributed by atoms with Crippen LogP contribution in [0, 0.1) is 12.3 Å². The molecule has 2 aliphatic rings. The normalized spacial score (nSPS) is 42.8. The molecule has 2 saturated heterocycles. The van der Waals surface area contributed by atoms with Gasteiger partial charge in [0.25, 0.3) is 0 Å². The van der Waals surface area contributed by atoms with Crippen LogP contribution in [0.2, 0.25) is 0 Å². The minimum atomic E-state index is -0.631. The van der Waals surface area contributed by atoms with Gasteiger partial charge in [0.15, 0.2) is 0 Å². The Balaban J connectivity index is 2.07. The van der Waals surface area contributed by atoms with Gasteiger partial charge in [-0.2, -0.15) is 0 Å². The summed E-state index contributed by atoms with van der Waals surface area (Å²) in [7, 11) is 0. The van der Waals surface area contributed by atoms with E-state index in [4.69, 9.17) is 15.9 Å². The van der Waals surface area contributed by atoms with E-state index in [1.54, 1.807) is 6.08 Å². The third kappa shape index (κ3) is 3.37. The monoisotopic (exact) mass is 266 g/mol.